The molecule has 2 N–H and O–H groups in total. The lowest BCUT2D eigenvalue weighted by Crippen LogP contribution is -2.43. The summed E-state index contributed by atoms with van der Waals surface area (Å²) in [4.78, 5) is 0. The third kappa shape index (κ3) is 1.49. The van der Waals surface area contributed by atoms with Gasteiger partial charge >= 0.3 is 0 Å². The van der Waals surface area contributed by atoms with Crippen molar-refractivity contribution in [1.82, 2.24) is 10.2 Å². The summed E-state index contributed by atoms with van der Waals surface area (Å²) in [5, 5.41) is 17.4. The minimum atomic E-state index is 0.269. The van der Waals surface area contributed by atoms with Crippen LogP contribution in [0.15, 0.2) is 24.4 Å². The van der Waals surface area contributed by atoms with E-state index in [1.54, 1.807) is 0 Å². The van der Waals surface area contributed by atoms with Gasteiger partial charge in [0.25, 0.3) is 0 Å². The molecule has 3 unspecified atom stereocenters. The van der Waals surface area contributed by atoms with Gasteiger partial charge in [-0.1, -0.05) is 13.0 Å². The number of phenols is 1. The number of benzene rings is 1. The number of phenolic OH excluding ortho intramolecular Hbond substituents is 1. The number of aromatic amines is 1. The number of fused-ring (bicyclic) bond motifs is 7. The van der Waals surface area contributed by atoms with Crippen molar-refractivity contribution in [2.75, 3.05) is 0 Å². The van der Waals surface area contributed by atoms with E-state index >= 15 is 0 Å². The lowest BCUT2D eigenvalue weighted by molar-refractivity contribution is 0.103. The van der Waals surface area contributed by atoms with Crippen LogP contribution < -0.4 is 0 Å². The molecule has 1 fully saturated rings. The Bertz CT molecular complexity index is 750. The van der Waals surface area contributed by atoms with Crippen molar-refractivity contribution in [3.05, 3.63) is 46.8 Å². The number of nitrogens with zero attached hydrogens (tertiary/aromatic N) is 1. The molecule has 0 aliphatic heterocycles. The summed E-state index contributed by atoms with van der Waals surface area (Å²) in [5.74, 6) is 2.60. The smallest absolute Gasteiger partial charge is 0.115 e. The number of aromatic hydroxyl groups is 1. The van der Waals surface area contributed by atoms with Crippen LogP contribution in [0.4, 0.5) is 0 Å². The summed E-state index contributed by atoms with van der Waals surface area (Å²) in [6.07, 6.45) is 8.16. The maximum atomic E-state index is 9.75. The van der Waals surface area contributed by atoms with Crippen molar-refractivity contribution in [1.29, 1.82) is 0 Å². The fourth-order valence-corrected chi connectivity index (χ4v) is 5.76. The maximum absolute atomic E-state index is 9.75. The molecule has 1 aromatic carbocycles. The first kappa shape index (κ1) is 12.7. The Kier molecular flexibility index (Phi) is 2.41. The summed E-state index contributed by atoms with van der Waals surface area (Å²) in [6, 6.07) is 6.03. The van der Waals surface area contributed by atoms with Crippen LogP contribution >= 0.6 is 0 Å². The second kappa shape index (κ2) is 4.15. The largest absolute Gasteiger partial charge is 0.508 e. The van der Waals surface area contributed by atoms with Gasteiger partial charge in [-0.2, -0.15) is 5.10 Å². The average Bonchev–Trinajstić information content (AvgIpc) is 3.07. The molecule has 3 aliphatic carbocycles. The Morgan fingerprint density at radius 3 is 3.09 bits per heavy atom. The topological polar surface area (TPSA) is 48.9 Å². The third-order valence-electron chi connectivity index (χ3n) is 6.80. The van der Waals surface area contributed by atoms with Crippen molar-refractivity contribution < 1.29 is 5.11 Å². The van der Waals surface area contributed by atoms with Gasteiger partial charge in [-0.05, 0) is 78.7 Å². The number of aromatic nitrogens is 2. The van der Waals surface area contributed by atoms with E-state index in [9.17, 15) is 5.11 Å². The fourth-order valence-electron chi connectivity index (χ4n) is 5.76. The van der Waals surface area contributed by atoms with E-state index in [4.69, 9.17) is 0 Å². The minimum absolute atomic E-state index is 0.269. The van der Waals surface area contributed by atoms with E-state index in [1.165, 1.54) is 48.1 Å². The predicted octanol–water partition coefficient (Wildman–Crippen LogP) is 3.69. The summed E-state index contributed by atoms with van der Waals surface area (Å²) < 4.78 is 0. The molecule has 0 saturated heterocycles. The number of nitrogens with one attached hydrogen (secondary N) is 1. The molecule has 5 rings (SSSR count). The molecule has 3 aliphatic rings. The molecule has 0 radical (unpaired) electrons. The van der Waals surface area contributed by atoms with Gasteiger partial charge < -0.3 is 5.11 Å². The van der Waals surface area contributed by atoms with Gasteiger partial charge in [-0.25, -0.2) is 0 Å². The molecule has 22 heavy (non-hydrogen) atoms. The van der Waals surface area contributed by atoms with Gasteiger partial charge in [0.05, 0.1) is 5.69 Å². The molecule has 114 valence electrons. The lowest BCUT2D eigenvalue weighted by Gasteiger charge is -2.49. The van der Waals surface area contributed by atoms with Gasteiger partial charge in [0.1, 0.15) is 5.75 Å². The molecule has 1 heterocycles. The number of H-pyrrole nitrogens is 1. The molecule has 0 spiro atoms. The van der Waals surface area contributed by atoms with E-state index in [0.29, 0.717) is 11.7 Å². The lowest BCUT2D eigenvalue weighted by atomic mass is 9.55. The number of aryl methyl sites for hydroxylation is 1. The van der Waals surface area contributed by atoms with Crippen molar-refractivity contribution in [3.63, 3.8) is 0 Å². The first-order valence-electron chi connectivity index (χ1n) is 8.52. The Hall–Kier alpha value is -1.77. The van der Waals surface area contributed by atoms with E-state index in [-0.39, 0.29) is 5.41 Å². The second-order valence-electron chi connectivity index (χ2n) is 7.72. The molecule has 3 nitrogen and oxygen atoms in total. The highest BCUT2D eigenvalue weighted by Gasteiger charge is 2.54. The van der Waals surface area contributed by atoms with Gasteiger partial charge in [0, 0.05) is 11.6 Å². The van der Waals surface area contributed by atoms with E-state index in [1.807, 2.05) is 12.1 Å². The Morgan fingerprint density at radius 2 is 2.18 bits per heavy atom. The van der Waals surface area contributed by atoms with E-state index in [2.05, 4.69) is 29.4 Å². The standard InChI is InChI=1S/C19H22N2O/c1-19-7-6-15-14-5-3-13(22)8-11(14)2-4-16(15)17(19)9-12-10-20-21-18(12)19/h3,5,8,10,15-17,22H,2,4,6-7,9H2,1H3,(H,20,21)/t15?,16?,17?,19-/m0/s1. The van der Waals surface area contributed by atoms with E-state index in [0.717, 1.165) is 18.3 Å². The van der Waals surface area contributed by atoms with Crippen LogP contribution in [0.5, 0.6) is 5.75 Å². The van der Waals surface area contributed by atoms with E-state index < -0.39 is 0 Å². The number of rotatable bonds is 0. The maximum Gasteiger partial charge on any atom is 0.115 e. The zero-order chi connectivity index (χ0) is 14.9. The Labute approximate surface area is 130 Å². The summed E-state index contributed by atoms with van der Waals surface area (Å²) >= 11 is 0. The highest BCUT2D eigenvalue weighted by Crippen LogP contribution is 2.59. The molecule has 1 saturated carbocycles. The highest BCUT2D eigenvalue weighted by molar-refractivity contribution is 5.42. The van der Waals surface area contributed by atoms with Crippen LogP contribution in [0.25, 0.3) is 0 Å². The average molecular weight is 294 g/mol. The minimum Gasteiger partial charge on any atom is -0.508 e. The molecule has 1 aromatic heterocycles. The Morgan fingerprint density at radius 1 is 1.27 bits per heavy atom. The van der Waals surface area contributed by atoms with Gasteiger partial charge in [-0.3, -0.25) is 5.10 Å². The van der Waals surface area contributed by atoms with Crippen LogP contribution in [0.2, 0.25) is 0 Å². The van der Waals surface area contributed by atoms with Crippen molar-refractivity contribution in [2.24, 2.45) is 11.8 Å². The third-order valence-corrected chi connectivity index (χ3v) is 6.80. The monoisotopic (exact) mass is 294 g/mol. The molecule has 3 heteroatoms. The number of hydrogen-bond donors (Lipinski definition) is 2. The summed E-state index contributed by atoms with van der Waals surface area (Å²) in [5.41, 5.74) is 5.94. The van der Waals surface area contributed by atoms with Crippen LogP contribution in [0, 0.1) is 11.8 Å². The van der Waals surface area contributed by atoms with Gasteiger partial charge in [0.2, 0.25) is 0 Å². The van der Waals surface area contributed by atoms with Crippen LogP contribution in [-0.4, -0.2) is 15.3 Å². The zero-order valence-corrected chi connectivity index (χ0v) is 13.0. The normalized spacial score (nSPS) is 35.4. The molecule has 0 amide bonds. The first-order chi connectivity index (χ1) is 10.7. The predicted molar refractivity (Wildman–Crippen MR) is 85.0 cm³/mol. The summed E-state index contributed by atoms with van der Waals surface area (Å²) in [6.45, 7) is 2.44. The molecule has 4 atom stereocenters. The highest BCUT2D eigenvalue weighted by atomic mass is 16.3. The fraction of sp³-hybridized carbons (Fsp3) is 0.526. The van der Waals surface area contributed by atoms with Crippen molar-refractivity contribution >= 4 is 0 Å². The first-order valence-corrected chi connectivity index (χ1v) is 8.52. The Balaban J connectivity index is 1.56. The van der Waals surface area contributed by atoms with Gasteiger partial charge in [-0.15, -0.1) is 0 Å². The van der Waals surface area contributed by atoms with Crippen molar-refractivity contribution in [3.8, 4) is 5.75 Å². The van der Waals surface area contributed by atoms with Crippen LogP contribution in [-0.2, 0) is 18.3 Å². The second-order valence-corrected chi connectivity index (χ2v) is 7.72. The molecule has 0 bridgehead atoms. The van der Waals surface area contributed by atoms with Crippen molar-refractivity contribution in [2.45, 2.75) is 50.4 Å². The number of hydrogen-bond acceptors (Lipinski definition) is 2. The quantitative estimate of drug-likeness (QED) is 0.778. The zero-order valence-electron chi connectivity index (χ0n) is 13.0. The van der Waals surface area contributed by atoms with Crippen LogP contribution in [0.3, 0.4) is 0 Å². The summed E-state index contributed by atoms with van der Waals surface area (Å²) in [7, 11) is 0. The molecular weight excluding hydrogens is 272 g/mol. The van der Waals surface area contributed by atoms with Gasteiger partial charge in [0.15, 0.2) is 0 Å². The molecular formula is C19H22N2O. The van der Waals surface area contributed by atoms with Crippen LogP contribution in [0.1, 0.15) is 54.5 Å². The molecule has 2 aromatic rings. The SMILES string of the molecule is C[C@]12CCC3c4ccc(O)cc4CCC3C1Cc1c[nH]nc12.